The lowest BCUT2D eigenvalue weighted by atomic mass is 10.1. The lowest BCUT2D eigenvalue weighted by Gasteiger charge is -2.28. The topological polar surface area (TPSA) is 93.9 Å². The summed E-state index contributed by atoms with van der Waals surface area (Å²) in [5.41, 5.74) is 7.43. The van der Waals surface area contributed by atoms with E-state index in [0.29, 0.717) is 31.1 Å². The van der Waals surface area contributed by atoms with E-state index in [4.69, 9.17) is 15.2 Å². The fraction of sp³-hybridized carbons (Fsp3) is 0.300. The maximum Gasteiger partial charge on any atom is 0.240 e. The van der Waals surface area contributed by atoms with Gasteiger partial charge in [-0.05, 0) is 23.8 Å². The number of hydrogen-bond donors (Lipinski definition) is 2. The van der Waals surface area contributed by atoms with Crippen LogP contribution in [0.4, 0.5) is 5.69 Å². The van der Waals surface area contributed by atoms with Gasteiger partial charge in [0, 0.05) is 12.1 Å². The van der Waals surface area contributed by atoms with Crippen molar-refractivity contribution < 1.29 is 19.1 Å². The molecule has 3 N–H and O–H groups in total. The van der Waals surface area contributed by atoms with Crippen LogP contribution in [0.2, 0.25) is 0 Å². The number of carbonyl (C=O) groups excluding carboxylic acids is 2. The summed E-state index contributed by atoms with van der Waals surface area (Å²) >= 11 is 0. The highest BCUT2D eigenvalue weighted by atomic mass is 16.6. The quantitative estimate of drug-likeness (QED) is 0.818. The minimum absolute atomic E-state index is 0.0643. The van der Waals surface area contributed by atoms with Gasteiger partial charge in [0.1, 0.15) is 18.8 Å². The first-order chi connectivity index (χ1) is 13.1. The van der Waals surface area contributed by atoms with Gasteiger partial charge < -0.3 is 25.4 Å². The fourth-order valence-electron chi connectivity index (χ4n) is 3.50. The molecule has 1 unspecified atom stereocenters. The van der Waals surface area contributed by atoms with E-state index >= 15 is 0 Å². The monoisotopic (exact) mass is 367 g/mol. The van der Waals surface area contributed by atoms with Gasteiger partial charge in [0.25, 0.3) is 0 Å². The number of benzene rings is 2. The van der Waals surface area contributed by atoms with Gasteiger partial charge in [0.15, 0.2) is 11.5 Å². The number of nitrogens with zero attached hydrogens (tertiary/aromatic N) is 1. The number of hydrogen-bond acceptors (Lipinski definition) is 5. The third kappa shape index (κ3) is 3.53. The van der Waals surface area contributed by atoms with Crippen molar-refractivity contribution in [2.24, 2.45) is 5.73 Å². The Morgan fingerprint density at radius 3 is 2.67 bits per heavy atom. The third-order valence-electron chi connectivity index (χ3n) is 4.83. The highest BCUT2D eigenvalue weighted by Gasteiger charge is 2.34. The second-order valence-electron chi connectivity index (χ2n) is 6.68. The van der Waals surface area contributed by atoms with Crippen molar-refractivity contribution in [3.8, 4) is 11.5 Å². The average molecular weight is 367 g/mol. The molecule has 0 bridgehead atoms. The zero-order valence-corrected chi connectivity index (χ0v) is 14.8. The van der Waals surface area contributed by atoms with E-state index in [0.717, 1.165) is 11.3 Å². The van der Waals surface area contributed by atoms with Crippen LogP contribution in [0.3, 0.4) is 0 Å². The highest BCUT2D eigenvalue weighted by Crippen LogP contribution is 2.32. The first-order valence-electron chi connectivity index (χ1n) is 8.91. The number of ether oxygens (including phenoxy) is 2. The average Bonchev–Trinajstić information content (AvgIpc) is 3.05. The van der Waals surface area contributed by atoms with Gasteiger partial charge in [-0.15, -0.1) is 0 Å². The Hall–Kier alpha value is -3.22. The Balaban J connectivity index is 1.36. The van der Waals surface area contributed by atoms with Gasteiger partial charge >= 0.3 is 0 Å². The normalized spacial score (nSPS) is 20.1. The van der Waals surface area contributed by atoms with Gasteiger partial charge in [-0.2, -0.15) is 0 Å². The van der Waals surface area contributed by atoms with Crippen molar-refractivity contribution >= 4 is 17.5 Å². The SMILES string of the molecule is NC(=O)[C@@H]1Cc2ccccc2N1CC(=O)NCC1COc2ccccc2O1. The molecule has 0 saturated heterocycles. The van der Waals surface area contributed by atoms with Crippen molar-refractivity contribution in [2.45, 2.75) is 18.6 Å². The molecule has 0 aliphatic carbocycles. The molecule has 2 aliphatic rings. The van der Waals surface area contributed by atoms with Gasteiger partial charge in [0.05, 0.1) is 13.1 Å². The second-order valence-corrected chi connectivity index (χ2v) is 6.68. The van der Waals surface area contributed by atoms with Gasteiger partial charge in [-0.25, -0.2) is 0 Å². The standard InChI is InChI=1S/C20H21N3O4/c21-20(25)16-9-13-5-1-2-6-15(13)23(16)11-19(24)22-10-14-12-26-17-7-3-4-8-18(17)27-14/h1-8,14,16H,9-12H2,(H2,21,25)(H,22,24)/t14?,16-/m0/s1. The number of anilines is 1. The third-order valence-corrected chi connectivity index (χ3v) is 4.83. The molecule has 2 aromatic rings. The van der Waals surface area contributed by atoms with Crippen LogP contribution in [0.15, 0.2) is 48.5 Å². The summed E-state index contributed by atoms with van der Waals surface area (Å²) in [6, 6.07) is 14.6. The number of nitrogens with two attached hydrogens (primary N) is 1. The number of nitrogens with one attached hydrogen (secondary N) is 1. The van der Waals surface area contributed by atoms with Crippen LogP contribution in [0.25, 0.3) is 0 Å². The summed E-state index contributed by atoms with van der Waals surface area (Å²) in [5, 5.41) is 2.86. The molecule has 140 valence electrons. The van der Waals surface area contributed by atoms with Crippen LogP contribution in [-0.2, 0) is 16.0 Å². The molecule has 7 nitrogen and oxygen atoms in total. The van der Waals surface area contributed by atoms with Crippen LogP contribution in [0.1, 0.15) is 5.56 Å². The molecule has 0 spiro atoms. The molecule has 2 aliphatic heterocycles. The van der Waals surface area contributed by atoms with E-state index in [1.54, 1.807) is 4.90 Å². The maximum absolute atomic E-state index is 12.5. The molecule has 27 heavy (non-hydrogen) atoms. The molecular formula is C20H21N3O4. The lowest BCUT2D eigenvalue weighted by Crippen LogP contribution is -2.49. The number of para-hydroxylation sites is 3. The summed E-state index contributed by atoms with van der Waals surface area (Å²) in [4.78, 5) is 26.0. The van der Waals surface area contributed by atoms with Crippen LogP contribution in [0, 0.1) is 0 Å². The van der Waals surface area contributed by atoms with Crippen LogP contribution in [0.5, 0.6) is 11.5 Å². The van der Waals surface area contributed by atoms with Gasteiger partial charge in [-0.3, -0.25) is 9.59 Å². The molecule has 7 heteroatoms. The maximum atomic E-state index is 12.5. The van der Waals surface area contributed by atoms with Crippen molar-refractivity contribution in [3.05, 3.63) is 54.1 Å². The Kier molecular flexibility index (Phi) is 4.58. The van der Waals surface area contributed by atoms with Crippen LogP contribution in [-0.4, -0.2) is 43.7 Å². The lowest BCUT2D eigenvalue weighted by molar-refractivity contribution is -0.121. The van der Waals surface area contributed by atoms with Crippen molar-refractivity contribution in [3.63, 3.8) is 0 Å². The zero-order valence-electron chi connectivity index (χ0n) is 14.8. The Morgan fingerprint density at radius 2 is 1.85 bits per heavy atom. The Labute approximate surface area is 157 Å². The molecular weight excluding hydrogens is 346 g/mol. The number of amides is 2. The van der Waals surface area contributed by atoms with Crippen molar-refractivity contribution in [1.82, 2.24) is 5.32 Å². The number of fused-ring (bicyclic) bond motifs is 2. The summed E-state index contributed by atoms with van der Waals surface area (Å²) < 4.78 is 11.5. The largest absolute Gasteiger partial charge is 0.486 e. The van der Waals surface area contributed by atoms with Crippen molar-refractivity contribution in [2.75, 3.05) is 24.6 Å². The molecule has 0 saturated carbocycles. The molecule has 4 rings (SSSR count). The van der Waals surface area contributed by atoms with Crippen molar-refractivity contribution in [1.29, 1.82) is 0 Å². The summed E-state index contributed by atoms with van der Waals surface area (Å²) in [6.45, 7) is 0.756. The molecule has 0 radical (unpaired) electrons. The number of carbonyl (C=O) groups is 2. The van der Waals surface area contributed by atoms with E-state index in [9.17, 15) is 9.59 Å². The fourth-order valence-corrected chi connectivity index (χ4v) is 3.50. The first kappa shape index (κ1) is 17.2. The molecule has 2 amide bonds. The predicted octanol–water partition coefficient (Wildman–Crippen LogP) is 0.859. The van der Waals surface area contributed by atoms with Gasteiger partial charge in [0.2, 0.25) is 11.8 Å². The summed E-state index contributed by atoms with van der Waals surface area (Å²) in [7, 11) is 0. The highest BCUT2D eigenvalue weighted by molar-refractivity contribution is 5.90. The van der Waals surface area contributed by atoms with E-state index in [2.05, 4.69) is 5.32 Å². The first-order valence-corrected chi connectivity index (χ1v) is 8.91. The van der Waals surface area contributed by atoms with E-state index in [-0.39, 0.29) is 18.6 Å². The minimum Gasteiger partial charge on any atom is -0.486 e. The second kappa shape index (κ2) is 7.19. The van der Waals surface area contributed by atoms with Crippen LogP contribution >= 0.6 is 0 Å². The zero-order chi connectivity index (χ0) is 18.8. The van der Waals surface area contributed by atoms with Gasteiger partial charge in [-0.1, -0.05) is 30.3 Å². The molecule has 0 fully saturated rings. The van der Waals surface area contributed by atoms with Crippen LogP contribution < -0.4 is 25.4 Å². The molecule has 2 heterocycles. The number of primary amides is 1. The number of rotatable bonds is 5. The Morgan fingerprint density at radius 1 is 1.11 bits per heavy atom. The summed E-state index contributed by atoms with van der Waals surface area (Å²) in [6.07, 6.45) is 0.261. The molecule has 2 atom stereocenters. The predicted molar refractivity (Wildman–Crippen MR) is 99.8 cm³/mol. The Bertz CT molecular complexity index is 870. The summed E-state index contributed by atoms with van der Waals surface area (Å²) in [5.74, 6) is 0.753. The van der Waals surface area contributed by atoms with E-state index in [1.165, 1.54) is 0 Å². The minimum atomic E-state index is -0.505. The molecule has 0 aromatic heterocycles. The van der Waals surface area contributed by atoms with E-state index < -0.39 is 11.9 Å². The van der Waals surface area contributed by atoms with E-state index in [1.807, 2.05) is 48.5 Å². The molecule has 2 aromatic carbocycles. The smallest absolute Gasteiger partial charge is 0.240 e.